The Bertz CT molecular complexity index is 681. The molecule has 2 heterocycles. The predicted octanol–water partition coefficient (Wildman–Crippen LogP) is 1.73. The molecule has 0 fully saturated rings. The molecule has 22 heavy (non-hydrogen) atoms. The van der Waals surface area contributed by atoms with Crippen LogP contribution in [0.5, 0.6) is 17.5 Å². The van der Waals surface area contributed by atoms with Crippen LogP contribution in [0, 0.1) is 6.92 Å². The van der Waals surface area contributed by atoms with Crippen LogP contribution in [-0.4, -0.2) is 36.8 Å². The Hall–Kier alpha value is -2.34. The maximum Gasteiger partial charge on any atom is 0.220 e. The van der Waals surface area contributed by atoms with Crippen molar-refractivity contribution >= 4 is 0 Å². The Kier molecular flexibility index (Phi) is 3.85. The fourth-order valence-electron chi connectivity index (χ4n) is 2.62. The van der Waals surface area contributed by atoms with Crippen LogP contribution in [0.4, 0.5) is 0 Å². The van der Waals surface area contributed by atoms with E-state index in [1.165, 1.54) is 0 Å². The Morgan fingerprint density at radius 3 is 2.45 bits per heavy atom. The van der Waals surface area contributed by atoms with Crippen LogP contribution < -0.4 is 19.9 Å². The van der Waals surface area contributed by atoms with Gasteiger partial charge in [-0.3, -0.25) is 0 Å². The first-order valence-corrected chi connectivity index (χ1v) is 7.12. The minimum absolute atomic E-state index is 0.00283. The molecule has 0 saturated heterocycles. The van der Waals surface area contributed by atoms with Gasteiger partial charge in [0.2, 0.25) is 11.8 Å². The second-order valence-corrected chi connectivity index (χ2v) is 5.26. The van der Waals surface area contributed by atoms with Crippen molar-refractivity contribution in [2.75, 3.05) is 20.8 Å². The second kappa shape index (κ2) is 5.81. The third-order valence-electron chi connectivity index (χ3n) is 3.64. The highest BCUT2D eigenvalue weighted by molar-refractivity contribution is 5.69. The maximum absolute atomic E-state index is 5.96. The predicted molar refractivity (Wildman–Crippen MR) is 82.5 cm³/mol. The molecule has 0 amide bonds. The summed E-state index contributed by atoms with van der Waals surface area (Å²) in [6.07, 6.45) is 0.810. The molecule has 0 bridgehead atoms. The molecule has 1 aliphatic heterocycles. The summed E-state index contributed by atoms with van der Waals surface area (Å²) in [6.45, 7) is 2.52. The van der Waals surface area contributed by atoms with Crippen molar-refractivity contribution in [1.29, 1.82) is 0 Å². The van der Waals surface area contributed by atoms with Crippen LogP contribution in [0.3, 0.4) is 0 Å². The summed E-state index contributed by atoms with van der Waals surface area (Å²) in [7, 11) is 3.13. The van der Waals surface area contributed by atoms with Crippen LogP contribution in [0.15, 0.2) is 18.2 Å². The molecule has 6 nitrogen and oxygen atoms in total. The molecule has 1 aromatic heterocycles. The van der Waals surface area contributed by atoms with Crippen molar-refractivity contribution in [2.24, 2.45) is 5.73 Å². The van der Waals surface area contributed by atoms with Gasteiger partial charge in [0.05, 0.1) is 25.8 Å². The quantitative estimate of drug-likeness (QED) is 0.926. The minimum atomic E-state index is 0.00283. The van der Waals surface area contributed by atoms with E-state index in [0.29, 0.717) is 24.1 Å². The molecule has 3 rings (SSSR count). The van der Waals surface area contributed by atoms with Gasteiger partial charge in [0, 0.05) is 13.0 Å². The molecule has 1 aromatic carbocycles. The lowest BCUT2D eigenvalue weighted by Gasteiger charge is -2.12. The van der Waals surface area contributed by atoms with Crippen LogP contribution in [0.2, 0.25) is 0 Å². The number of benzene rings is 1. The number of ether oxygens (including phenoxy) is 3. The molecule has 0 spiro atoms. The highest BCUT2D eigenvalue weighted by Crippen LogP contribution is 2.39. The van der Waals surface area contributed by atoms with Crippen molar-refractivity contribution in [3.8, 4) is 28.9 Å². The molecule has 1 unspecified atom stereocenters. The summed E-state index contributed by atoms with van der Waals surface area (Å²) in [4.78, 5) is 8.83. The number of hydrogen-bond acceptors (Lipinski definition) is 6. The molecule has 0 radical (unpaired) electrons. The zero-order valence-electron chi connectivity index (χ0n) is 12.9. The lowest BCUT2D eigenvalue weighted by atomic mass is 10.0. The van der Waals surface area contributed by atoms with E-state index in [0.717, 1.165) is 28.9 Å². The average molecular weight is 301 g/mol. The number of fused-ring (bicyclic) bond motifs is 1. The number of nitrogens with two attached hydrogens (primary N) is 1. The molecule has 1 aliphatic rings. The fourth-order valence-corrected chi connectivity index (χ4v) is 2.62. The van der Waals surface area contributed by atoms with Gasteiger partial charge in [0.25, 0.3) is 0 Å². The van der Waals surface area contributed by atoms with Crippen molar-refractivity contribution in [1.82, 2.24) is 9.97 Å². The molecule has 0 aliphatic carbocycles. The summed E-state index contributed by atoms with van der Waals surface area (Å²) in [6, 6.07) is 5.76. The van der Waals surface area contributed by atoms with Gasteiger partial charge in [-0.15, -0.1) is 0 Å². The number of hydrogen-bond donors (Lipinski definition) is 1. The smallest absolute Gasteiger partial charge is 0.220 e. The first-order valence-electron chi connectivity index (χ1n) is 7.12. The van der Waals surface area contributed by atoms with Gasteiger partial charge in [-0.25, -0.2) is 0 Å². The lowest BCUT2D eigenvalue weighted by Crippen LogP contribution is -2.24. The molecule has 2 N–H and O–H groups in total. The zero-order valence-corrected chi connectivity index (χ0v) is 12.9. The third-order valence-corrected chi connectivity index (χ3v) is 3.64. The highest BCUT2D eigenvalue weighted by Gasteiger charge is 2.26. The summed E-state index contributed by atoms with van der Waals surface area (Å²) in [5.74, 6) is 2.22. The highest BCUT2D eigenvalue weighted by atomic mass is 16.5. The number of aromatic nitrogens is 2. The summed E-state index contributed by atoms with van der Waals surface area (Å²) < 4.78 is 16.4. The van der Waals surface area contributed by atoms with Gasteiger partial charge in [-0.2, -0.15) is 9.97 Å². The summed E-state index contributed by atoms with van der Waals surface area (Å²) in [5, 5.41) is 0. The molecule has 6 heteroatoms. The van der Waals surface area contributed by atoms with Gasteiger partial charge in [-0.05, 0) is 24.1 Å². The monoisotopic (exact) mass is 301 g/mol. The third kappa shape index (κ3) is 2.57. The SMILES string of the molecule is COc1cc(OC)nc(-c2cc(C)cc3c2OC(CN)C3)n1. The van der Waals surface area contributed by atoms with Gasteiger partial charge in [0.15, 0.2) is 5.82 Å². The maximum atomic E-state index is 5.96. The molecule has 1 atom stereocenters. The normalized spacial score (nSPS) is 16.1. The molecular weight excluding hydrogens is 282 g/mol. The Morgan fingerprint density at radius 2 is 1.86 bits per heavy atom. The first-order chi connectivity index (χ1) is 10.6. The van der Waals surface area contributed by atoms with Gasteiger partial charge in [-0.1, -0.05) is 6.07 Å². The van der Waals surface area contributed by atoms with E-state index in [4.69, 9.17) is 19.9 Å². The minimum Gasteiger partial charge on any atom is -0.488 e. The first kappa shape index (κ1) is 14.6. The zero-order chi connectivity index (χ0) is 15.7. The van der Waals surface area contributed by atoms with E-state index in [-0.39, 0.29) is 6.10 Å². The van der Waals surface area contributed by atoms with E-state index in [9.17, 15) is 0 Å². The number of rotatable bonds is 4. The average Bonchev–Trinajstić information content (AvgIpc) is 2.96. The summed E-state index contributed by atoms with van der Waals surface area (Å²) >= 11 is 0. The van der Waals surface area contributed by atoms with Gasteiger partial charge in [0.1, 0.15) is 11.9 Å². The Morgan fingerprint density at radius 1 is 1.18 bits per heavy atom. The van der Waals surface area contributed by atoms with Crippen molar-refractivity contribution in [2.45, 2.75) is 19.4 Å². The van der Waals surface area contributed by atoms with Gasteiger partial charge >= 0.3 is 0 Å². The largest absolute Gasteiger partial charge is 0.488 e. The van der Waals surface area contributed by atoms with Crippen LogP contribution in [-0.2, 0) is 6.42 Å². The topological polar surface area (TPSA) is 79.5 Å². The Balaban J connectivity index is 2.13. The van der Waals surface area contributed by atoms with Crippen LogP contribution >= 0.6 is 0 Å². The van der Waals surface area contributed by atoms with Crippen LogP contribution in [0.25, 0.3) is 11.4 Å². The molecule has 2 aromatic rings. The van der Waals surface area contributed by atoms with Crippen molar-refractivity contribution in [3.63, 3.8) is 0 Å². The van der Waals surface area contributed by atoms with Crippen molar-refractivity contribution in [3.05, 3.63) is 29.3 Å². The summed E-state index contributed by atoms with van der Waals surface area (Å²) in [5.41, 5.74) is 8.83. The Labute approximate surface area is 129 Å². The van der Waals surface area contributed by atoms with E-state index in [1.54, 1.807) is 20.3 Å². The second-order valence-electron chi connectivity index (χ2n) is 5.26. The van der Waals surface area contributed by atoms with E-state index < -0.39 is 0 Å². The fraction of sp³-hybridized carbons (Fsp3) is 0.375. The number of nitrogens with zero attached hydrogens (tertiary/aromatic N) is 2. The van der Waals surface area contributed by atoms with Crippen molar-refractivity contribution < 1.29 is 14.2 Å². The number of aryl methyl sites for hydroxylation is 1. The van der Waals surface area contributed by atoms with Gasteiger partial charge < -0.3 is 19.9 Å². The van der Waals surface area contributed by atoms with E-state index in [2.05, 4.69) is 16.0 Å². The molecular formula is C16H19N3O3. The van der Waals surface area contributed by atoms with E-state index >= 15 is 0 Å². The van der Waals surface area contributed by atoms with E-state index in [1.807, 2.05) is 13.0 Å². The molecule has 0 saturated carbocycles. The number of methoxy groups -OCH3 is 2. The van der Waals surface area contributed by atoms with Crippen LogP contribution in [0.1, 0.15) is 11.1 Å². The lowest BCUT2D eigenvalue weighted by molar-refractivity contribution is 0.242. The standard InChI is InChI=1S/C16H19N3O3/c1-9-4-10-6-11(8-17)22-15(10)12(5-9)16-18-13(20-2)7-14(19-16)21-3/h4-5,7,11H,6,8,17H2,1-3H3. The molecule has 116 valence electrons.